The maximum Gasteiger partial charge on any atom is 0.122 e. The van der Waals surface area contributed by atoms with Gasteiger partial charge in [-0.1, -0.05) is 37.3 Å². The van der Waals surface area contributed by atoms with E-state index in [2.05, 4.69) is 49.4 Å². The molecule has 86 valence electrons. The Hall–Kier alpha value is -1.76. The standard InChI is InChI=1S/C16H16O/c1-2-12-3-5-13(6-4-12)14-7-8-16-15(11-14)9-10-17-16/h3-8,11H,2,9-10H2,1H3. The lowest BCUT2D eigenvalue weighted by Crippen LogP contribution is -1.85. The molecule has 3 rings (SSSR count). The molecule has 1 nitrogen and oxygen atoms in total. The van der Waals surface area contributed by atoms with Crippen LogP contribution in [0.3, 0.4) is 0 Å². The number of hydrogen-bond donors (Lipinski definition) is 0. The molecule has 0 saturated carbocycles. The van der Waals surface area contributed by atoms with Gasteiger partial charge < -0.3 is 4.74 Å². The van der Waals surface area contributed by atoms with Crippen LogP contribution in [0.1, 0.15) is 18.1 Å². The lowest BCUT2D eigenvalue weighted by Gasteiger charge is -2.05. The van der Waals surface area contributed by atoms with E-state index in [1.165, 1.54) is 22.3 Å². The normalized spacial score (nSPS) is 13.2. The van der Waals surface area contributed by atoms with E-state index < -0.39 is 0 Å². The average molecular weight is 224 g/mol. The first kappa shape index (κ1) is 10.4. The fraction of sp³-hybridized carbons (Fsp3) is 0.250. The molecule has 2 aromatic carbocycles. The van der Waals surface area contributed by atoms with Crippen LogP contribution >= 0.6 is 0 Å². The SMILES string of the molecule is CCc1ccc(-c2ccc3c(c2)CCO3)cc1. The summed E-state index contributed by atoms with van der Waals surface area (Å²) in [5, 5.41) is 0. The first-order valence-corrected chi connectivity index (χ1v) is 6.22. The number of fused-ring (bicyclic) bond motifs is 1. The van der Waals surface area contributed by atoms with E-state index in [9.17, 15) is 0 Å². The molecule has 1 heteroatoms. The predicted molar refractivity (Wildman–Crippen MR) is 70.5 cm³/mol. The van der Waals surface area contributed by atoms with E-state index in [-0.39, 0.29) is 0 Å². The van der Waals surface area contributed by atoms with Crippen molar-refractivity contribution in [3.63, 3.8) is 0 Å². The second kappa shape index (κ2) is 4.25. The minimum Gasteiger partial charge on any atom is -0.493 e. The first-order valence-electron chi connectivity index (χ1n) is 6.22. The molecule has 0 radical (unpaired) electrons. The Morgan fingerprint density at radius 2 is 1.76 bits per heavy atom. The van der Waals surface area contributed by atoms with E-state index in [1.54, 1.807) is 0 Å². The van der Waals surface area contributed by atoms with Gasteiger partial charge in [0, 0.05) is 6.42 Å². The highest BCUT2D eigenvalue weighted by Gasteiger charge is 2.12. The van der Waals surface area contributed by atoms with Crippen molar-refractivity contribution < 1.29 is 4.74 Å². The quantitative estimate of drug-likeness (QED) is 0.752. The van der Waals surface area contributed by atoms with Crippen molar-refractivity contribution in [2.24, 2.45) is 0 Å². The third-order valence-electron chi connectivity index (χ3n) is 3.38. The lowest BCUT2D eigenvalue weighted by molar-refractivity contribution is 0.357. The Balaban J connectivity index is 1.97. The summed E-state index contributed by atoms with van der Waals surface area (Å²) in [7, 11) is 0. The molecule has 0 aromatic heterocycles. The molecule has 1 aliphatic rings. The summed E-state index contributed by atoms with van der Waals surface area (Å²) >= 11 is 0. The van der Waals surface area contributed by atoms with E-state index in [1.807, 2.05) is 0 Å². The number of benzene rings is 2. The van der Waals surface area contributed by atoms with Crippen molar-refractivity contribution in [1.82, 2.24) is 0 Å². The van der Waals surface area contributed by atoms with Crippen LogP contribution in [-0.4, -0.2) is 6.61 Å². The molecular weight excluding hydrogens is 208 g/mol. The van der Waals surface area contributed by atoms with Crippen molar-refractivity contribution in [2.45, 2.75) is 19.8 Å². The highest BCUT2D eigenvalue weighted by atomic mass is 16.5. The third-order valence-corrected chi connectivity index (χ3v) is 3.38. The fourth-order valence-electron chi connectivity index (χ4n) is 2.30. The Labute approximate surface area is 102 Å². The molecule has 0 saturated heterocycles. The second-order valence-corrected chi connectivity index (χ2v) is 4.47. The third kappa shape index (κ3) is 1.93. The molecule has 1 heterocycles. The minimum atomic E-state index is 0.827. The zero-order chi connectivity index (χ0) is 11.7. The smallest absolute Gasteiger partial charge is 0.122 e. The van der Waals surface area contributed by atoms with E-state index in [0.29, 0.717) is 0 Å². The molecule has 0 amide bonds. The van der Waals surface area contributed by atoms with Crippen molar-refractivity contribution >= 4 is 0 Å². The Bertz CT molecular complexity index is 526. The van der Waals surface area contributed by atoms with E-state index >= 15 is 0 Å². The van der Waals surface area contributed by atoms with Gasteiger partial charge in [-0.3, -0.25) is 0 Å². The van der Waals surface area contributed by atoms with Crippen LogP contribution in [0.25, 0.3) is 11.1 Å². The van der Waals surface area contributed by atoms with Gasteiger partial charge in [-0.25, -0.2) is 0 Å². The molecule has 0 unspecified atom stereocenters. The Kier molecular flexibility index (Phi) is 2.60. The monoisotopic (exact) mass is 224 g/mol. The number of hydrogen-bond acceptors (Lipinski definition) is 1. The molecule has 17 heavy (non-hydrogen) atoms. The Morgan fingerprint density at radius 3 is 2.53 bits per heavy atom. The Morgan fingerprint density at radius 1 is 1.00 bits per heavy atom. The molecular formula is C16H16O. The fourth-order valence-corrected chi connectivity index (χ4v) is 2.30. The topological polar surface area (TPSA) is 9.23 Å². The molecule has 0 spiro atoms. The van der Waals surface area contributed by atoms with Crippen LogP contribution in [-0.2, 0) is 12.8 Å². The van der Waals surface area contributed by atoms with Crippen molar-refractivity contribution in [3.8, 4) is 16.9 Å². The molecule has 0 bridgehead atoms. The number of rotatable bonds is 2. The van der Waals surface area contributed by atoms with Gasteiger partial charge in [-0.2, -0.15) is 0 Å². The zero-order valence-corrected chi connectivity index (χ0v) is 10.1. The lowest BCUT2D eigenvalue weighted by atomic mass is 10.0. The molecule has 0 aliphatic carbocycles. The summed E-state index contributed by atoms with van der Waals surface area (Å²) in [6.07, 6.45) is 2.13. The predicted octanol–water partition coefficient (Wildman–Crippen LogP) is 3.85. The summed E-state index contributed by atoms with van der Waals surface area (Å²) in [5.41, 5.74) is 5.30. The summed E-state index contributed by atoms with van der Waals surface area (Å²) in [5.74, 6) is 1.05. The highest BCUT2D eigenvalue weighted by molar-refractivity contribution is 5.66. The van der Waals surface area contributed by atoms with Crippen molar-refractivity contribution in [3.05, 3.63) is 53.6 Å². The molecule has 0 N–H and O–H groups in total. The van der Waals surface area contributed by atoms with Gasteiger partial charge in [-0.05, 0) is 40.8 Å². The summed E-state index contributed by atoms with van der Waals surface area (Å²) < 4.78 is 5.53. The maximum absolute atomic E-state index is 5.53. The van der Waals surface area contributed by atoms with Gasteiger partial charge in [0.1, 0.15) is 5.75 Å². The van der Waals surface area contributed by atoms with Crippen LogP contribution in [0, 0.1) is 0 Å². The highest BCUT2D eigenvalue weighted by Crippen LogP contribution is 2.30. The summed E-state index contributed by atoms with van der Waals surface area (Å²) in [6.45, 7) is 3.01. The van der Waals surface area contributed by atoms with Gasteiger partial charge >= 0.3 is 0 Å². The van der Waals surface area contributed by atoms with Gasteiger partial charge in [0.2, 0.25) is 0 Å². The molecule has 0 atom stereocenters. The van der Waals surface area contributed by atoms with Gasteiger partial charge in [0.25, 0.3) is 0 Å². The minimum absolute atomic E-state index is 0.827. The largest absolute Gasteiger partial charge is 0.493 e. The summed E-state index contributed by atoms with van der Waals surface area (Å²) in [4.78, 5) is 0. The van der Waals surface area contributed by atoms with Crippen molar-refractivity contribution in [2.75, 3.05) is 6.61 Å². The summed E-state index contributed by atoms with van der Waals surface area (Å²) in [6, 6.07) is 15.3. The molecule has 0 fully saturated rings. The number of ether oxygens (including phenoxy) is 1. The maximum atomic E-state index is 5.53. The van der Waals surface area contributed by atoms with E-state index in [0.717, 1.165) is 25.2 Å². The van der Waals surface area contributed by atoms with Crippen LogP contribution in [0.15, 0.2) is 42.5 Å². The van der Waals surface area contributed by atoms with Crippen LogP contribution in [0.4, 0.5) is 0 Å². The first-order chi connectivity index (χ1) is 8.36. The van der Waals surface area contributed by atoms with Crippen LogP contribution in [0.2, 0.25) is 0 Å². The second-order valence-electron chi connectivity index (χ2n) is 4.47. The van der Waals surface area contributed by atoms with Crippen molar-refractivity contribution in [1.29, 1.82) is 0 Å². The average Bonchev–Trinajstić information content (AvgIpc) is 2.86. The van der Waals surface area contributed by atoms with Gasteiger partial charge in [0.05, 0.1) is 6.61 Å². The van der Waals surface area contributed by atoms with E-state index in [4.69, 9.17) is 4.74 Å². The van der Waals surface area contributed by atoms with Gasteiger partial charge in [0.15, 0.2) is 0 Å². The van der Waals surface area contributed by atoms with Gasteiger partial charge in [-0.15, -0.1) is 0 Å². The molecule has 2 aromatic rings. The van der Waals surface area contributed by atoms with Crippen LogP contribution < -0.4 is 4.74 Å². The molecule has 1 aliphatic heterocycles. The number of aryl methyl sites for hydroxylation is 1. The zero-order valence-electron chi connectivity index (χ0n) is 10.1. The van der Waals surface area contributed by atoms with Crippen LogP contribution in [0.5, 0.6) is 5.75 Å².